The highest BCUT2D eigenvalue weighted by atomic mass is 35.5. The maximum Gasteiger partial charge on any atom is 0.253 e. The molecule has 0 fully saturated rings. The molecule has 1 aliphatic heterocycles. The number of nitrogens with zero attached hydrogens (tertiary/aromatic N) is 2. The molecule has 0 radical (unpaired) electrons. The van der Waals surface area contributed by atoms with Gasteiger partial charge in [-0.3, -0.25) is 4.79 Å². The van der Waals surface area contributed by atoms with Gasteiger partial charge in [-0.2, -0.15) is 4.31 Å². The van der Waals surface area contributed by atoms with Crippen molar-refractivity contribution in [1.29, 1.82) is 0 Å². The number of carbonyl (C=O) groups excluding carboxylic acids is 1. The number of halogens is 1. The van der Waals surface area contributed by atoms with Crippen LogP contribution < -0.4 is 9.47 Å². The van der Waals surface area contributed by atoms with Gasteiger partial charge in [0.15, 0.2) is 11.5 Å². The molecule has 7 nitrogen and oxygen atoms in total. The van der Waals surface area contributed by atoms with E-state index in [1.165, 1.54) is 27.4 Å². The van der Waals surface area contributed by atoms with Crippen LogP contribution in [0.1, 0.15) is 29.8 Å². The fourth-order valence-electron chi connectivity index (χ4n) is 3.14. The highest BCUT2D eigenvalue weighted by Crippen LogP contribution is 2.33. The maximum atomic E-state index is 12.9. The molecule has 0 bridgehead atoms. The van der Waals surface area contributed by atoms with E-state index in [2.05, 4.69) is 0 Å². The van der Waals surface area contributed by atoms with Crippen molar-refractivity contribution in [2.24, 2.45) is 0 Å². The Hall–Kier alpha value is -2.29. The van der Waals surface area contributed by atoms with Gasteiger partial charge < -0.3 is 14.4 Å². The summed E-state index contributed by atoms with van der Waals surface area (Å²) < 4.78 is 37.7. The molecule has 2 aromatic carbocycles. The normalized spacial score (nSPS) is 13.0. The van der Waals surface area contributed by atoms with E-state index in [0.29, 0.717) is 31.1 Å². The Bertz CT molecular complexity index is 1020. The Morgan fingerprint density at radius 1 is 1.07 bits per heavy atom. The second kappa shape index (κ2) is 8.61. The standard InChI is InChI=1S/C20H23ClN2O5S/c1-4-23(5-2)29(25,26)19-11-15(7-8-16(19)21)20(24)22(3)12-14-6-9-17-18(10-14)28-13-27-17/h6-11H,4-5,12-13H2,1-3H3. The molecule has 2 aromatic rings. The lowest BCUT2D eigenvalue weighted by Crippen LogP contribution is -2.31. The monoisotopic (exact) mass is 438 g/mol. The molecule has 0 aliphatic carbocycles. The van der Waals surface area contributed by atoms with Crippen LogP contribution in [-0.4, -0.2) is 50.5 Å². The van der Waals surface area contributed by atoms with Gasteiger partial charge in [-0.1, -0.05) is 31.5 Å². The highest BCUT2D eigenvalue weighted by Gasteiger charge is 2.26. The van der Waals surface area contributed by atoms with Crippen molar-refractivity contribution in [1.82, 2.24) is 9.21 Å². The third-order valence-corrected chi connectivity index (χ3v) is 7.24. The van der Waals surface area contributed by atoms with Crippen LogP contribution in [0, 0.1) is 0 Å². The van der Waals surface area contributed by atoms with E-state index in [4.69, 9.17) is 21.1 Å². The number of hydrogen-bond donors (Lipinski definition) is 0. The van der Waals surface area contributed by atoms with Crippen molar-refractivity contribution in [3.8, 4) is 11.5 Å². The van der Waals surface area contributed by atoms with Gasteiger partial charge in [-0.15, -0.1) is 0 Å². The summed E-state index contributed by atoms with van der Waals surface area (Å²) in [6.45, 7) is 4.65. The molecule has 0 N–H and O–H groups in total. The predicted octanol–water partition coefficient (Wildman–Crippen LogP) is 3.37. The summed E-state index contributed by atoms with van der Waals surface area (Å²) in [5, 5.41) is 0.0897. The Labute approximate surface area is 175 Å². The van der Waals surface area contributed by atoms with Crippen LogP contribution >= 0.6 is 11.6 Å². The molecular weight excluding hydrogens is 416 g/mol. The zero-order valence-corrected chi connectivity index (χ0v) is 18.1. The lowest BCUT2D eigenvalue weighted by Gasteiger charge is -2.21. The first-order chi connectivity index (χ1) is 13.8. The molecule has 0 atom stereocenters. The van der Waals surface area contributed by atoms with Crippen molar-refractivity contribution in [3.05, 3.63) is 52.5 Å². The minimum absolute atomic E-state index is 0.0646. The molecule has 1 aliphatic rings. The second-order valence-corrected chi connectivity index (χ2v) is 8.90. The van der Waals surface area contributed by atoms with Gasteiger partial charge in [0.1, 0.15) is 4.90 Å². The molecule has 29 heavy (non-hydrogen) atoms. The van der Waals surface area contributed by atoms with Crippen molar-refractivity contribution >= 4 is 27.5 Å². The van der Waals surface area contributed by atoms with Gasteiger partial charge in [0.05, 0.1) is 5.02 Å². The first-order valence-corrected chi connectivity index (χ1v) is 11.0. The SMILES string of the molecule is CCN(CC)S(=O)(=O)c1cc(C(=O)N(C)Cc2ccc3c(c2)OCO3)ccc1Cl. The molecule has 0 saturated heterocycles. The van der Waals surface area contributed by atoms with Gasteiger partial charge >= 0.3 is 0 Å². The number of hydrogen-bond acceptors (Lipinski definition) is 5. The molecular formula is C20H23ClN2O5S. The summed E-state index contributed by atoms with van der Waals surface area (Å²) in [5.41, 5.74) is 1.12. The van der Waals surface area contributed by atoms with Crippen LogP contribution in [0.25, 0.3) is 0 Å². The minimum atomic E-state index is -3.78. The molecule has 3 rings (SSSR count). The molecule has 0 unspecified atom stereocenters. The van der Waals surface area contributed by atoms with Crippen LogP contribution in [0.4, 0.5) is 0 Å². The maximum absolute atomic E-state index is 12.9. The average molecular weight is 439 g/mol. The molecule has 9 heteroatoms. The number of fused-ring (bicyclic) bond motifs is 1. The summed E-state index contributed by atoms with van der Waals surface area (Å²) in [6, 6.07) is 9.79. The van der Waals surface area contributed by atoms with E-state index in [1.807, 2.05) is 12.1 Å². The molecule has 1 heterocycles. The van der Waals surface area contributed by atoms with Crippen LogP contribution in [0.15, 0.2) is 41.3 Å². The smallest absolute Gasteiger partial charge is 0.253 e. The summed E-state index contributed by atoms with van der Waals surface area (Å²) in [7, 11) is -2.13. The quantitative estimate of drug-likeness (QED) is 0.662. The Morgan fingerprint density at radius 2 is 1.76 bits per heavy atom. The zero-order valence-electron chi connectivity index (χ0n) is 16.5. The number of benzene rings is 2. The average Bonchev–Trinajstić information content (AvgIpc) is 3.16. The second-order valence-electron chi connectivity index (χ2n) is 6.58. The van der Waals surface area contributed by atoms with Crippen LogP contribution in [-0.2, 0) is 16.6 Å². The Morgan fingerprint density at radius 3 is 2.45 bits per heavy atom. The molecule has 156 valence electrons. The van der Waals surface area contributed by atoms with E-state index in [-0.39, 0.29) is 28.2 Å². The van der Waals surface area contributed by atoms with Crippen LogP contribution in [0.2, 0.25) is 5.02 Å². The Kier molecular flexibility index (Phi) is 6.36. The Balaban J connectivity index is 1.84. The van der Waals surface area contributed by atoms with Gasteiger partial charge in [-0.05, 0) is 35.9 Å². The minimum Gasteiger partial charge on any atom is -0.454 e. The lowest BCUT2D eigenvalue weighted by molar-refractivity contribution is 0.0784. The van der Waals surface area contributed by atoms with Crippen LogP contribution in [0.5, 0.6) is 11.5 Å². The summed E-state index contributed by atoms with van der Waals surface area (Å²) in [5.74, 6) is 1.00. The first-order valence-electron chi connectivity index (χ1n) is 9.21. The van der Waals surface area contributed by atoms with E-state index < -0.39 is 10.0 Å². The van der Waals surface area contributed by atoms with Gasteiger partial charge in [0.25, 0.3) is 5.91 Å². The number of sulfonamides is 1. The fourth-order valence-corrected chi connectivity index (χ4v) is 5.10. The van der Waals surface area contributed by atoms with Gasteiger partial charge in [0.2, 0.25) is 16.8 Å². The molecule has 1 amide bonds. The number of amides is 1. The number of rotatable bonds is 7. The summed E-state index contributed by atoms with van der Waals surface area (Å²) >= 11 is 6.15. The van der Waals surface area contributed by atoms with Crippen LogP contribution in [0.3, 0.4) is 0 Å². The van der Waals surface area contributed by atoms with Crippen molar-refractivity contribution in [2.45, 2.75) is 25.3 Å². The fraction of sp³-hybridized carbons (Fsp3) is 0.350. The van der Waals surface area contributed by atoms with E-state index in [0.717, 1.165) is 5.56 Å². The zero-order chi connectivity index (χ0) is 21.2. The van der Waals surface area contributed by atoms with Crippen molar-refractivity contribution in [3.63, 3.8) is 0 Å². The summed E-state index contributed by atoms with van der Waals surface area (Å²) in [4.78, 5) is 14.3. The largest absolute Gasteiger partial charge is 0.454 e. The number of ether oxygens (including phenoxy) is 2. The predicted molar refractivity (Wildman–Crippen MR) is 110 cm³/mol. The third-order valence-electron chi connectivity index (χ3n) is 4.70. The molecule has 0 spiro atoms. The van der Waals surface area contributed by atoms with E-state index >= 15 is 0 Å². The molecule has 0 saturated carbocycles. The topological polar surface area (TPSA) is 76.2 Å². The highest BCUT2D eigenvalue weighted by molar-refractivity contribution is 7.89. The molecule has 0 aromatic heterocycles. The number of carbonyl (C=O) groups is 1. The van der Waals surface area contributed by atoms with E-state index in [1.54, 1.807) is 27.0 Å². The first kappa shape index (κ1) is 21.4. The summed E-state index contributed by atoms with van der Waals surface area (Å²) in [6.07, 6.45) is 0. The van der Waals surface area contributed by atoms with Crippen molar-refractivity contribution < 1.29 is 22.7 Å². The van der Waals surface area contributed by atoms with E-state index in [9.17, 15) is 13.2 Å². The van der Waals surface area contributed by atoms with Crippen molar-refractivity contribution in [2.75, 3.05) is 26.9 Å². The lowest BCUT2D eigenvalue weighted by atomic mass is 10.1. The third kappa shape index (κ3) is 4.34. The van der Waals surface area contributed by atoms with Gasteiger partial charge in [0, 0.05) is 32.2 Å². The van der Waals surface area contributed by atoms with Gasteiger partial charge in [-0.25, -0.2) is 8.42 Å².